The normalized spacial score (nSPS) is 27.9. The number of ether oxygens (including phenoxy) is 3. The average molecular weight is 465 g/mol. The molecule has 6 nitrogen and oxygen atoms in total. The smallest absolute Gasteiger partial charge is 0.332 e. The lowest BCUT2D eigenvalue weighted by atomic mass is 9.73. The molecule has 182 valence electrons. The highest BCUT2D eigenvalue weighted by molar-refractivity contribution is 5.84. The summed E-state index contributed by atoms with van der Waals surface area (Å²) in [5.74, 6) is 1.66. The second kappa shape index (κ2) is 10.4. The van der Waals surface area contributed by atoms with Crippen LogP contribution in [0.5, 0.6) is 5.75 Å². The summed E-state index contributed by atoms with van der Waals surface area (Å²) in [4.78, 5) is 19.8. The van der Waals surface area contributed by atoms with Crippen LogP contribution in [0.25, 0.3) is 10.9 Å². The fourth-order valence-corrected chi connectivity index (χ4v) is 6.18. The zero-order valence-electron chi connectivity index (χ0n) is 20.2. The summed E-state index contributed by atoms with van der Waals surface area (Å²) >= 11 is 0. The Morgan fingerprint density at radius 2 is 2.09 bits per heavy atom. The van der Waals surface area contributed by atoms with Crippen molar-refractivity contribution in [1.82, 2.24) is 9.88 Å². The van der Waals surface area contributed by atoms with Crippen LogP contribution in [0.3, 0.4) is 0 Å². The highest BCUT2D eigenvalue weighted by Crippen LogP contribution is 2.43. The third-order valence-corrected chi connectivity index (χ3v) is 8.02. The van der Waals surface area contributed by atoms with Gasteiger partial charge in [0, 0.05) is 24.2 Å². The number of rotatable bonds is 8. The number of carbonyl (C=O) groups is 1. The average Bonchev–Trinajstić information content (AvgIpc) is 2.89. The summed E-state index contributed by atoms with van der Waals surface area (Å²) in [6.07, 6.45) is 11.4. The molecule has 4 heterocycles. The quantitative estimate of drug-likeness (QED) is 0.401. The molecule has 3 aliphatic heterocycles. The molecule has 1 aromatic heterocycles. The van der Waals surface area contributed by atoms with Crippen molar-refractivity contribution in [2.75, 3.05) is 26.8 Å². The van der Waals surface area contributed by atoms with Crippen LogP contribution in [0.15, 0.2) is 43.1 Å². The van der Waals surface area contributed by atoms with Crippen LogP contribution in [-0.4, -0.2) is 54.8 Å². The Hall–Kier alpha value is -2.44. The molecule has 4 aliphatic rings. The van der Waals surface area contributed by atoms with Crippen LogP contribution in [0.2, 0.25) is 0 Å². The lowest BCUT2D eigenvalue weighted by Crippen LogP contribution is -2.55. The molecule has 0 amide bonds. The number of esters is 1. The van der Waals surface area contributed by atoms with E-state index in [-0.39, 0.29) is 30.8 Å². The van der Waals surface area contributed by atoms with Crippen molar-refractivity contribution < 1.29 is 19.0 Å². The molecule has 2 unspecified atom stereocenters. The molecule has 0 spiro atoms. The van der Waals surface area contributed by atoms with Gasteiger partial charge in [-0.2, -0.15) is 0 Å². The fourth-order valence-electron chi connectivity index (χ4n) is 6.18. The van der Waals surface area contributed by atoms with E-state index >= 15 is 0 Å². The minimum Gasteiger partial charge on any atom is -0.497 e. The number of hydrogen-bond acceptors (Lipinski definition) is 6. The fraction of sp³-hybridized carbons (Fsp3) is 0.571. The number of nitrogens with zero attached hydrogens (tertiary/aromatic N) is 2. The lowest BCUT2D eigenvalue weighted by molar-refractivity contribution is -0.161. The minimum atomic E-state index is -0.257. The van der Waals surface area contributed by atoms with Crippen molar-refractivity contribution in [1.29, 1.82) is 0 Å². The second-order valence-corrected chi connectivity index (χ2v) is 10.0. The summed E-state index contributed by atoms with van der Waals surface area (Å²) in [7, 11) is 1.67. The Morgan fingerprint density at radius 3 is 2.82 bits per heavy atom. The van der Waals surface area contributed by atoms with Crippen molar-refractivity contribution in [2.45, 2.75) is 63.2 Å². The van der Waals surface area contributed by atoms with E-state index in [0.717, 1.165) is 67.4 Å². The monoisotopic (exact) mass is 464 g/mol. The zero-order chi connectivity index (χ0) is 23.5. The molecule has 1 saturated carbocycles. The Balaban J connectivity index is 1.41. The predicted octanol–water partition coefficient (Wildman–Crippen LogP) is 5.07. The molecule has 5 atom stereocenters. The first-order valence-corrected chi connectivity index (χ1v) is 12.8. The van der Waals surface area contributed by atoms with Gasteiger partial charge in [0.2, 0.25) is 0 Å². The van der Waals surface area contributed by atoms with Crippen LogP contribution in [0.4, 0.5) is 0 Å². The van der Waals surface area contributed by atoms with Crippen LogP contribution in [-0.2, 0) is 14.3 Å². The molecule has 6 heteroatoms. The number of hydrogen-bond donors (Lipinski definition) is 0. The van der Waals surface area contributed by atoms with Crippen LogP contribution in [0, 0.1) is 11.8 Å². The summed E-state index contributed by atoms with van der Waals surface area (Å²) < 4.78 is 17.7. The van der Waals surface area contributed by atoms with Crippen LogP contribution in [0.1, 0.15) is 56.6 Å². The number of benzene rings is 1. The zero-order valence-corrected chi connectivity index (χ0v) is 20.2. The van der Waals surface area contributed by atoms with Gasteiger partial charge in [-0.15, -0.1) is 6.58 Å². The van der Waals surface area contributed by atoms with Crippen molar-refractivity contribution in [3.8, 4) is 5.75 Å². The van der Waals surface area contributed by atoms with E-state index in [9.17, 15) is 4.79 Å². The maximum absolute atomic E-state index is 12.7. The topological polar surface area (TPSA) is 60.9 Å². The van der Waals surface area contributed by atoms with Gasteiger partial charge in [0.15, 0.2) is 0 Å². The maximum Gasteiger partial charge on any atom is 0.332 e. The number of piperidine rings is 3. The summed E-state index contributed by atoms with van der Waals surface area (Å²) in [5.41, 5.74) is 1.96. The minimum absolute atomic E-state index is 0.0329. The number of methoxy groups -OCH3 is 1. The first-order chi connectivity index (χ1) is 16.7. The van der Waals surface area contributed by atoms with E-state index in [0.29, 0.717) is 11.8 Å². The van der Waals surface area contributed by atoms with Gasteiger partial charge in [-0.1, -0.05) is 12.5 Å². The molecular formula is C28H36N2O4. The lowest BCUT2D eigenvalue weighted by Gasteiger charge is -2.51. The number of aromatic nitrogens is 1. The van der Waals surface area contributed by atoms with Crippen LogP contribution < -0.4 is 4.74 Å². The SMILES string of the molecule is C=C[C@H]1CN2CCC1C[C@@H]2[C@@H](OCC(=O)OC1CCCCC1)c1ccnc2ccc(OC)cc12. The third-order valence-electron chi connectivity index (χ3n) is 8.02. The van der Waals surface area contributed by atoms with Gasteiger partial charge in [0.25, 0.3) is 0 Å². The molecule has 0 radical (unpaired) electrons. The second-order valence-electron chi connectivity index (χ2n) is 10.0. The predicted molar refractivity (Wildman–Crippen MR) is 132 cm³/mol. The van der Waals surface area contributed by atoms with E-state index in [1.165, 1.54) is 12.8 Å². The molecule has 1 aliphatic carbocycles. The molecule has 1 aromatic carbocycles. The highest BCUT2D eigenvalue weighted by atomic mass is 16.6. The summed E-state index contributed by atoms with van der Waals surface area (Å²) in [6, 6.07) is 8.17. The molecule has 2 aromatic rings. The third kappa shape index (κ3) is 4.84. The van der Waals surface area contributed by atoms with Crippen molar-refractivity contribution in [2.24, 2.45) is 11.8 Å². The van der Waals surface area contributed by atoms with E-state index in [1.54, 1.807) is 7.11 Å². The molecule has 3 saturated heterocycles. The Bertz CT molecular complexity index is 1020. The van der Waals surface area contributed by atoms with Crippen molar-refractivity contribution >= 4 is 16.9 Å². The Labute approximate surface area is 202 Å². The molecule has 4 fully saturated rings. The van der Waals surface area contributed by atoms with E-state index in [4.69, 9.17) is 14.2 Å². The van der Waals surface area contributed by atoms with Gasteiger partial charge in [0.1, 0.15) is 18.5 Å². The summed E-state index contributed by atoms with van der Waals surface area (Å²) in [6.45, 7) is 6.08. The van der Waals surface area contributed by atoms with Crippen molar-refractivity contribution in [3.63, 3.8) is 0 Å². The highest BCUT2D eigenvalue weighted by Gasteiger charge is 2.43. The molecule has 6 rings (SSSR count). The largest absolute Gasteiger partial charge is 0.497 e. The van der Waals surface area contributed by atoms with Gasteiger partial charge in [-0.05, 0) is 86.7 Å². The first kappa shape index (κ1) is 23.3. The molecule has 2 bridgehead atoms. The van der Waals surface area contributed by atoms with Gasteiger partial charge < -0.3 is 14.2 Å². The standard InChI is InChI=1S/C28H36N2O4/c1-3-19-17-30-14-12-20(19)15-26(30)28(33-18-27(31)34-21-7-5-4-6-8-21)23-11-13-29-25-10-9-22(32-2)16-24(23)25/h3,9-11,13,16,19-21,26,28H,1,4-8,12,14-15,17-18H2,2H3/t19-,20?,26+,28-/m0/s1. The van der Waals surface area contributed by atoms with E-state index in [1.807, 2.05) is 30.5 Å². The van der Waals surface area contributed by atoms with Crippen LogP contribution >= 0.6 is 0 Å². The van der Waals surface area contributed by atoms with E-state index < -0.39 is 0 Å². The Morgan fingerprint density at radius 1 is 1.24 bits per heavy atom. The van der Waals surface area contributed by atoms with Gasteiger partial charge in [0.05, 0.1) is 18.7 Å². The number of pyridine rings is 1. The number of fused-ring (bicyclic) bond motifs is 4. The van der Waals surface area contributed by atoms with Crippen molar-refractivity contribution in [3.05, 3.63) is 48.7 Å². The van der Waals surface area contributed by atoms with Gasteiger partial charge >= 0.3 is 5.97 Å². The first-order valence-electron chi connectivity index (χ1n) is 12.8. The van der Waals surface area contributed by atoms with Gasteiger partial charge in [-0.3, -0.25) is 9.88 Å². The van der Waals surface area contributed by atoms with Gasteiger partial charge in [-0.25, -0.2) is 4.79 Å². The Kier molecular flexibility index (Phi) is 7.16. The number of carbonyl (C=O) groups excluding carboxylic acids is 1. The maximum atomic E-state index is 12.7. The molecule has 0 N–H and O–H groups in total. The molecular weight excluding hydrogens is 428 g/mol. The summed E-state index contributed by atoms with van der Waals surface area (Å²) in [5, 5.41) is 1.01. The van der Waals surface area contributed by atoms with E-state index in [2.05, 4.69) is 22.5 Å². The molecule has 34 heavy (non-hydrogen) atoms.